The van der Waals surface area contributed by atoms with E-state index >= 15 is 0 Å². The molecule has 0 saturated carbocycles. The number of benzene rings is 1. The quantitative estimate of drug-likeness (QED) is 0.756. The molecule has 0 spiro atoms. The highest BCUT2D eigenvalue weighted by atomic mass is 16.5. The van der Waals surface area contributed by atoms with Gasteiger partial charge in [-0.25, -0.2) is 4.98 Å². The summed E-state index contributed by atoms with van der Waals surface area (Å²) in [5, 5.41) is 12.2. The molecule has 1 saturated heterocycles. The Morgan fingerprint density at radius 1 is 1.23 bits per heavy atom. The van der Waals surface area contributed by atoms with Crippen LogP contribution in [0, 0.1) is 0 Å². The molecule has 1 atom stereocenters. The minimum Gasteiger partial charge on any atom is -0.491 e. The van der Waals surface area contributed by atoms with Crippen molar-refractivity contribution in [2.75, 3.05) is 24.5 Å². The number of aromatic amines is 1. The van der Waals surface area contributed by atoms with Crippen molar-refractivity contribution in [1.82, 2.24) is 20.5 Å². The smallest absolute Gasteiger partial charge is 0.129 e. The van der Waals surface area contributed by atoms with Gasteiger partial charge in [0.1, 0.15) is 17.3 Å². The van der Waals surface area contributed by atoms with Crippen molar-refractivity contribution in [3.63, 3.8) is 0 Å². The molecule has 1 aliphatic rings. The number of piperazine rings is 1. The molecule has 0 bridgehead atoms. The topological polar surface area (TPSA) is 66.1 Å². The van der Waals surface area contributed by atoms with Gasteiger partial charge in [-0.2, -0.15) is 5.10 Å². The molecule has 6 heteroatoms. The van der Waals surface area contributed by atoms with Crippen molar-refractivity contribution in [1.29, 1.82) is 0 Å². The first-order valence-corrected chi connectivity index (χ1v) is 9.19. The van der Waals surface area contributed by atoms with Crippen molar-refractivity contribution in [3.05, 3.63) is 36.5 Å². The zero-order chi connectivity index (χ0) is 18.1. The Bertz CT molecular complexity index is 904. The van der Waals surface area contributed by atoms with Crippen molar-refractivity contribution < 1.29 is 4.74 Å². The van der Waals surface area contributed by atoms with Gasteiger partial charge >= 0.3 is 0 Å². The lowest BCUT2D eigenvalue weighted by Crippen LogP contribution is -2.49. The normalized spacial score (nSPS) is 17.8. The number of H-pyrrole nitrogens is 1. The molecule has 3 heterocycles. The average molecular weight is 351 g/mol. The maximum Gasteiger partial charge on any atom is 0.129 e. The number of anilines is 1. The number of fused-ring (bicyclic) bond motifs is 1. The molecule has 2 aromatic heterocycles. The maximum atomic E-state index is 5.84. The Labute approximate surface area is 153 Å². The molecule has 3 aromatic rings. The van der Waals surface area contributed by atoms with Gasteiger partial charge in [0, 0.05) is 42.8 Å². The van der Waals surface area contributed by atoms with Crippen LogP contribution >= 0.6 is 0 Å². The number of pyridine rings is 1. The van der Waals surface area contributed by atoms with Crippen molar-refractivity contribution in [2.45, 2.75) is 32.9 Å². The fourth-order valence-electron chi connectivity index (χ4n) is 3.44. The van der Waals surface area contributed by atoms with E-state index in [1.165, 1.54) is 0 Å². The van der Waals surface area contributed by atoms with Gasteiger partial charge in [-0.05, 0) is 51.1 Å². The van der Waals surface area contributed by atoms with Gasteiger partial charge in [0.15, 0.2) is 0 Å². The largest absolute Gasteiger partial charge is 0.491 e. The van der Waals surface area contributed by atoms with E-state index in [4.69, 9.17) is 4.74 Å². The lowest BCUT2D eigenvalue weighted by atomic mass is 10.1. The number of hydrogen-bond acceptors (Lipinski definition) is 5. The van der Waals surface area contributed by atoms with Gasteiger partial charge in [-0.15, -0.1) is 0 Å². The Morgan fingerprint density at radius 3 is 2.92 bits per heavy atom. The minimum atomic E-state index is 0.144. The molecule has 4 rings (SSSR count). The van der Waals surface area contributed by atoms with E-state index in [1.807, 2.05) is 38.2 Å². The van der Waals surface area contributed by atoms with E-state index in [9.17, 15) is 0 Å². The Morgan fingerprint density at radius 2 is 2.12 bits per heavy atom. The molecule has 0 amide bonds. The fraction of sp³-hybridized carbons (Fsp3) is 0.400. The molecule has 26 heavy (non-hydrogen) atoms. The Hall–Kier alpha value is -2.60. The summed E-state index contributed by atoms with van der Waals surface area (Å²) in [6.07, 6.45) is 2.01. The van der Waals surface area contributed by atoms with Crippen LogP contribution in [-0.4, -0.2) is 47.0 Å². The van der Waals surface area contributed by atoms with Crippen LogP contribution in [-0.2, 0) is 0 Å². The Balaban J connectivity index is 1.70. The van der Waals surface area contributed by atoms with Crippen LogP contribution in [0.1, 0.15) is 20.8 Å². The molecular formula is C20H25N5O. The van der Waals surface area contributed by atoms with Crippen molar-refractivity contribution >= 4 is 16.7 Å². The van der Waals surface area contributed by atoms with Crippen LogP contribution in [0.25, 0.3) is 22.2 Å². The molecule has 1 aliphatic heterocycles. The number of nitrogens with one attached hydrogen (secondary N) is 2. The zero-order valence-electron chi connectivity index (χ0n) is 15.5. The molecule has 0 aliphatic carbocycles. The van der Waals surface area contributed by atoms with Crippen LogP contribution < -0.4 is 15.0 Å². The van der Waals surface area contributed by atoms with Crippen LogP contribution in [0.3, 0.4) is 0 Å². The predicted molar refractivity (Wildman–Crippen MR) is 105 cm³/mol. The predicted octanol–water partition coefficient (Wildman–Crippen LogP) is 3.21. The van der Waals surface area contributed by atoms with Gasteiger partial charge in [0.2, 0.25) is 0 Å². The first-order chi connectivity index (χ1) is 12.6. The van der Waals surface area contributed by atoms with Crippen LogP contribution in [0.4, 0.5) is 5.82 Å². The van der Waals surface area contributed by atoms with Crippen molar-refractivity contribution in [2.24, 2.45) is 0 Å². The van der Waals surface area contributed by atoms with Crippen LogP contribution in [0.2, 0.25) is 0 Å². The Kier molecular flexibility index (Phi) is 4.51. The van der Waals surface area contributed by atoms with Crippen LogP contribution in [0.15, 0.2) is 36.5 Å². The van der Waals surface area contributed by atoms with Gasteiger partial charge in [-0.3, -0.25) is 5.10 Å². The summed E-state index contributed by atoms with van der Waals surface area (Å²) in [4.78, 5) is 6.91. The molecule has 1 fully saturated rings. The SMILES string of the molecule is CC1CN(c2cc(-c3n[nH]c4ccc(OC(C)C)cc34)ccn2)CCN1. The molecule has 2 N–H and O–H groups in total. The molecule has 1 unspecified atom stereocenters. The third-order valence-electron chi connectivity index (χ3n) is 4.62. The van der Waals surface area contributed by atoms with E-state index in [0.29, 0.717) is 6.04 Å². The molecule has 1 aromatic carbocycles. The van der Waals surface area contributed by atoms with E-state index in [2.05, 4.69) is 44.5 Å². The minimum absolute atomic E-state index is 0.144. The number of aromatic nitrogens is 3. The van der Waals surface area contributed by atoms with Gasteiger partial charge in [0.05, 0.1) is 11.6 Å². The molecular weight excluding hydrogens is 326 g/mol. The lowest BCUT2D eigenvalue weighted by molar-refractivity contribution is 0.243. The van der Waals surface area contributed by atoms with E-state index in [0.717, 1.165) is 53.4 Å². The second-order valence-electron chi connectivity index (χ2n) is 7.15. The van der Waals surface area contributed by atoms with Crippen LogP contribution in [0.5, 0.6) is 5.75 Å². The number of nitrogens with zero attached hydrogens (tertiary/aromatic N) is 3. The first-order valence-electron chi connectivity index (χ1n) is 9.19. The second kappa shape index (κ2) is 6.96. The summed E-state index contributed by atoms with van der Waals surface area (Å²) in [5.74, 6) is 1.86. The standard InChI is InChI=1S/C20H25N5O/c1-13(2)26-16-4-5-18-17(11-16)20(24-23-18)15-6-7-22-19(10-15)25-9-8-21-14(3)12-25/h4-7,10-11,13-14,21H,8-9,12H2,1-3H3,(H,23,24). The maximum absolute atomic E-state index is 5.84. The molecule has 136 valence electrons. The fourth-order valence-corrected chi connectivity index (χ4v) is 3.44. The van der Waals surface area contributed by atoms with Gasteiger partial charge in [0.25, 0.3) is 0 Å². The summed E-state index contributed by atoms with van der Waals surface area (Å²) >= 11 is 0. The van der Waals surface area contributed by atoms with Gasteiger partial charge < -0.3 is 15.0 Å². The third kappa shape index (κ3) is 3.37. The molecule has 0 radical (unpaired) electrons. The lowest BCUT2D eigenvalue weighted by Gasteiger charge is -2.32. The highest BCUT2D eigenvalue weighted by Crippen LogP contribution is 2.31. The number of rotatable bonds is 4. The second-order valence-corrected chi connectivity index (χ2v) is 7.15. The molecule has 6 nitrogen and oxygen atoms in total. The monoisotopic (exact) mass is 351 g/mol. The van der Waals surface area contributed by atoms with Crippen molar-refractivity contribution in [3.8, 4) is 17.0 Å². The summed E-state index contributed by atoms with van der Waals surface area (Å²) in [6, 6.07) is 10.7. The summed E-state index contributed by atoms with van der Waals surface area (Å²) < 4.78 is 5.84. The van der Waals surface area contributed by atoms with E-state index in [-0.39, 0.29) is 6.10 Å². The zero-order valence-corrected chi connectivity index (χ0v) is 15.5. The highest BCUT2D eigenvalue weighted by molar-refractivity contribution is 5.94. The van der Waals surface area contributed by atoms with Gasteiger partial charge in [-0.1, -0.05) is 0 Å². The summed E-state index contributed by atoms with van der Waals surface area (Å²) in [6.45, 7) is 9.18. The number of ether oxygens (including phenoxy) is 1. The van der Waals surface area contributed by atoms with E-state index in [1.54, 1.807) is 0 Å². The highest BCUT2D eigenvalue weighted by Gasteiger charge is 2.18. The third-order valence-corrected chi connectivity index (χ3v) is 4.62. The number of hydrogen-bond donors (Lipinski definition) is 2. The van der Waals surface area contributed by atoms with E-state index < -0.39 is 0 Å². The summed E-state index contributed by atoms with van der Waals surface area (Å²) in [7, 11) is 0. The first kappa shape index (κ1) is 16.8. The summed E-state index contributed by atoms with van der Waals surface area (Å²) in [5.41, 5.74) is 3.00. The average Bonchev–Trinajstić information content (AvgIpc) is 3.04.